The highest BCUT2D eigenvalue weighted by molar-refractivity contribution is 7.99. The normalized spacial score (nSPS) is 12.2. The van der Waals surface area contributed by atoms with Crippen LogP contribution in [0.1, 0.15) is 45.2 Å². The average Bonchev–Trinajstić information content (AvgIpc) is 2.75. The Labute approximate surface area is 211 Å². The van der Waals surface area contributed by atoms with Crippen LogP contribution < -0.4 is 10.1 Å². The highest BCUT2D eigenvalue weighted by Crippen LogP contribution is 2.25. The predicted molar refractivity (Wildman–Crippen MR) is 138 cm³/mol. The van der Waals surface area contributed by atoms with Gasteiger partial charge in [0.2, 0.25) is 11.8 Å². The Hall–Kier alpha value is -1.89. The van der Waals surface area contributed by atoms with Gasteiger partial charge >= 0.3 is 0 Å². The summed E-state index contributed by atoms with van der Waals surface area (Å²) in [6, 6.07) is 12.4. The number of hydrogen-bond donors (Lipinski definition) is 1. The third kappa shape index (κ3) is 8.76. The van der Waals surface area contributed by atoms with Crippen LogP contribution in [0.5, 0.6) is 5.75 Å². The number of carbonyl (C=O) groups excluding carboxylic acids is 2. The van der Waals surface area contributed by atoms with Gasteiger partial charge in [-0.25, -0.2) is 0 Å². The zero-order valence-electron chi connectivity index (χ0n) is 19.8. The number of methoxy groups -OCH3 is 1. The zero-order chi connectivity index (χ0) is 24.6. The van der Waals surface area contributed by atoms with E-state index in [0.717, 1.165) is 16.9 Å². The molecule has 1 unspecified atom stereocenters. The van der Waals surface area contributed by atoms with Crippen molar-refractivity contribution in [3.63, 3.8) is 0 Å². The van der Waals surface area contributed by atoms with Crippen LogP contribution in [-0.4, -0.2) is 41.2 Å². The monoisotopic (exact) mass is 510 g/mol. The van der Waals surface area contributed by atoms with Gasteiger partial charge in [-0.1, -0.05) is 48.3 Å². The summed E-state index contributed by atoms with van der Waals surface area (Å²) < 4.78 is 5.23. The average molecular weight is 512 g/mol. The second-order valence-corrected chi connectivity index (χ2v) is 10.6. The second kappa shape index (κ2) is 12.5. The minimum atomic E-state index is -0.565. The quantitative estimate of drug-likeness (QED) is 0.428. The largest absolute Gasteiger partial charge is 0.497 e. The number of hydrogen-bond acceptors (Lipinski definition) is 4. The van der Waals surface area contributed by atoms with Crippen LogP contribution in [0.15, 0.2) is 42.5 Å². The molecule has 0 spiro atoms. The lowest BCUT2D eigenvalue weighted by Gasteiger charge is -2.33. The first kappa shape index (κ1) is 27.4. The molecular formula is C25H32Cl2N2O3S. The summed E-state index contributed by atoms with van der Waals surface area (Å²) in [5.41, 5.74) is 1.53. The van der Waals surface area contributed by atoms with Crippen molar-refractivity contribution in [2.45, 2.75) is 58.0 Å². The predicted octanol–water partition coefficient (Wildman–Crippen LogP) is 5.96. The van der Waals surface area contributed by atoms with Gasteiger partial charge in [0.15, 0.2) is 0 Å². The van der Waals surface area contributed by atoms with Crippen LogP contribution in [0.2, 0.25) is 10.0 Å². The molecule has 1 N–H and O–H groups in total. The Morgan fingerprint density at radius 2 is 1.70 bits per heavy atom. The van der Waals surface area contributed by atoms with E-state index in [9.17, 15) is 9.59 Å². The second-order valence-electron chi connectivity index (χ2n) is 8.77. The van der Waals surface area contributed by atoms with E-state index in [-0.39, 0.29) is 23.1 Å². The van der Waals surface area contributed by atoms with E-state index in [1.807, 2.05) is 64.1 Å². The van der Waals surface area contributed by atoms with Crippen LogP contribution in [0, 0.1) is 0 Å². The molecule has 5 nitrogen and oxygen atoms in total. The van der Waals surface area contributed by atoms with E-state index in [0.29, 0.717) is 28.8 Å². The molecule has 1 atom stereocenters. The molecule has 33 heavy (non-hydrogen) atoms. The van der Waals surface area contributed by atoms with Gasteiger partial charge in [-0.2, -0.15) is 0 Å². The fraction of sp³-hybridized carbons (Fsp3) is 0.440. The van der Waals surface area contributed by atoms with Crippen molar-refractivity contribution in [1.82, 2.24) is 10.2 Å². The number of nitrogens with zero attached hydrogens (tertiary/aromatic N) is 1. The zero-order valence-corrected chi connectivity index (χ0v) is 22.1. The lowest BCUT2D eigenvalue weighted by molar-refractivity contribution is -0.140. The fourth-order valence-corrected chi connectivity index (χ4v) is 4.45. The molecular weight excluding hydrogens is 479 g/mol. The lowest BCUT2D eigenvalue weighted by atomic mass is 10.1. The number of ether oxygens (including phenoxy) is 1. The van der Waals surface area contributed by atoms with Gasteiger partial charge in [-0.3, -0.25) is 9.59 Å². The van der Waals surface area contributed by atoms with E-state index >= 15 is 0 Å². The number of nitrogens with one attached hydrogen (secondary N) is 1. The van der Waals surface area contributed by atoms with Crippen LogP contribution in [0.25, 0.3) is 0 Å². The maximum atomic E-state index is 13.3. The van der Waals surface area contributed by atoms with Gasteiger partial charge in [-0.15, -0.1) is 11.8 Å². The third-order valence-corrected chi connectivity index (χ3v) is 6.60. The van der Waals surface area contributed by atoms with E-state index in [4.69, 9.17) is 27.9 Å². The van der Waals surface area contributed by atoms with Gasteiger partial charge in [0.1, 0.15) is 11.8 Å². The molecule has 0 fully saturated rings. The first-order valence-electron chi connectivity index (χ1n) is 10.8. The standard InChI is InChI=1S/C25H32Cl2N2O3S/c1-6-22(24(31)28-25(2,3)4)29(14-17-7-10-19(32-5)11-8-17)23(30)16-33-15-18-9-12-20(26)21(27)13-18/h7-13,22H,6,14-16H2,1-5H3,(H,28,31). The van der Waals surface area contributed by atoms with Crippen molar-refractivity contribution in [2.75, 3.05) is 12.9 Å². The Morgan fingerprint density at radius 3 is 2.24 bits per heavy atom. The van der Waals surface area contributed by atoms with Crippen LogP contribution in [0.4, 0.5) is 0 Å². The molecule has 0 aliphatic carbocycles. The molecule has 180 valence electrons. The van der Waals surface area contributed by atoms with Gasteiger partial charge in [0, 0.05) is 17.8 Å². The lowest BCUT2D eigenvalue weighted by Crippen LogP contribution is -2.53. The maximum absolute atomic E-state index is 13.3. The van der Waals surface area contributed by atoms with Crippen LogP contribution in [0.3, 0.4) is 0 Å². The summed E-state index contributed by atoms with van der Waals surface area (Å²) in [4.78, 5) is 28.0. The summed E-state index contributed by atoms with van der Waals surface area (Å²) in [6.07, 6.45) is 0.515. The smallest absolute Gasteiger partial charge is 0.243 e. The van der Waals surface area contributed by atoms with Gasteiger partial charge in [0.25, 0.3) is 0 Å². The fourth-order valence-electron chi connectivity index (χ4n) is 3.27. The highest BCUT2D eigenvalue weighted by Gasteiger charge is 2.30. The van der Waals surface area contributed by atoms with E-state index in [1.54, 1.807) is 18.1 Å². The Kier molecular flexibility index (Phi) is 10.4. The molecule has 0 bridgehead atoms. The van der Waals surface area contributed by atoms with Crippen molar-refractivity contribution >= 4 is 46.8 Å². The molecule has 2 amide bonds. The molecule has 0 radical (unpaired) electrons. The minimum Gasteiger partial charge on any atom is -0.497 e. The van der Waals surface area contributed by atoms with Gasteiger partial charge < -0.3 is 15.0 Å². The Balaban J connectivity index is 2.16. The summed E-state index contributed by atoms with van der Waals surface area (Å²) in [7, 11) is 1.61. The SMILES string of the molecule is CCC(C(=O)NC(C)(C)C)N(Cc1ccc(OC)cc1)C(=O)CSCc1ccc(Cl)c(Cl)c1. The molecule has 0 aliphatic rings. The number of halogens is 2. The summed E-state index contributed by atoms with van der Waals surface area (Å²) >= 11 is 13.6. The van der Waals surface area contributed by atoms with Crippen molar-refractivity contribution in [3.8, 4) is 5.75 Å². The van der Waals surface area contributed by atoms with Crippen molar-refractivity contribution in [1.29, 1.82) is 0 Å². The molecule has 0 saturated heterocycles. The first-order chi connectivity index (χ1) is 15.5. The molecule has 8 heteroatoms. The topological polar surface area (TPSA) is 58.6 Å². The number of carbonyl (C=O) groups is 2. The van der Waals surface area contributed by atoms with Crippen molar-refractivity contribution in [3.05, 3.63) is 63.6 Å². The van der Waals surface area contributed by atoms with Gasteiger partial charge in [-0.05, 0) is 62.6 Å². The molecule has 2 aromatic carbocycles. The van der Waals surface area contributed by atoms with E-state index < -0.39 is 6.04 Å². The summed E-state index contributed by atoms with van der Waals surface area (Å²) in [5.74, 6) is 1.36. The number of thioether (sulfide) groups is 1. The molecule has 0 heterocycles. The Morgan fingerprint density at radius 1 is 1.06 bits per heavy atom. The van der Waals surface area contributed by atoms with Crippen LogP contribution >= 0.6 is 35.0 Å². The minimum absolute atomic E-state index is 0.0909. The van der Waals surface area contributed by atoms with Crippen molar-refractivity contribution in [2.24, 2.45) is 0 Å². The molecule has 2 aromatic rings. The summed E-state index contributed by atoms with van der Waals surface area (Å²) in [6.45, 7) is 8.05. The number of amides is 2. The molecule has 0 aromatic heterocycles. The van der Waals surface area contributed by atoms with Crippen molar-refractivity contribution < 1.29 is 14.3 Å². The summed E-state index contributed by atoms with van der Waals surface area (Å²) in [5, 5.41) is 4.01. The third-order valence-electron chi connectivity index (χ3n) is 4.87. The van der Waals surface area contributed by atoms with Crippen LogP contribution in [-0.2, 0) is 21.9 Å². The maximum Gasteiger partial charge on any atom is 0.243 e. The van der Waals surface area contributed by atoms with E-state index in [1.165, 1.54) is 11.8 Å². The highest BCUT2D eigenvalue weighted by atomic mass is 35.5. The number of rotatable bonds is 10. The molecule has 0 aliphatic heterocycles. The van der Waals surface area contributed by atoms with Gasteiger partial charge in [0.05, 0.1) is 22.9 Å². The Bertz CT molecular complexity index is 946. The molecule has 0 saturated carbocycles. The first-order valence-corrected chi connectivity index (χ1v) is 12.7. The van der Waals surface area contributed by atoms with E-state index in [2.05, 4.69) is 5.32 Å². The number of benzene rings is 2. The molecule has 2 rings (SSSR count).